The first kappa shape index (κ1) is 19.3. The molecule has 2 aromatic carbocycles. The fourth-order valence-corrected chi connectivity index (χ4v) is 1.98. The molecule has 0 N–H and O–H groups in total. The van der Waals surface area contributed by atoms with Crippen molar-refractivity contribution >= 4 is 11.9 Å². The molecule has 0 radical (unpaired) electrons. The van der Waals surface area contributed by atoms with Gasteiger partial charge in [-0.3, -0.25) is 0 Å². The monoisotopic (exact) mass is 358 g/mol. The van der Waals surface area contributed by atoms with Crippen molar-refractivity contribution in [2.24, 2.45) is 0 Å². The van der Waals surface area contributed by atoms with Crippen molar-refractivity contribution in [2.45, 2.75) is 12.8 Å². The molecule has 0 heterocycles. The number of carbonyl (C=O) groups is 2. The molecule has 0 aliphatic heterocycles. The molecular formula is C20H22O6. The molecule has 0 atom stereocenters. The minimum absolute atomic E-state index is 0.129. The Labute approximate surface area is 152 Å². The van der Waals surface area contributed by atoms with Gasteiger partial charge in [-0.2, -0.15) is 0 Å². The van der Waals surface area contributed by atoms with Gasteiger partial charge in [0.15, 0.2) is 13.2 Å². The number of benzene rings is 2. The zero-order valence-electron chi connectivity index (χ0n) is 14.5. The molecule has 0 aliphatic rings. The number of ether oxygens (including phenoxy) is 4. The second kappa shape index (κ2) is 11.5. The molecule has 6 heteroatoms. The van der Waals surface area contributed by atoms with E-state index in [2.05, 4.69) is 0 Å². The maximum absolute atomic E-state index is 11.5. The number of esters is 2. The maximum Gasteiger partial charge on any atom is 0.344 e. The van der Waals surface area contributed by atoms with Crippen LogP contribution in [0.5, 0.6) is 11.5 Å². The number of para-hydroxylation sites is 2. The normalized spacial score (nSPS) is 10.0. The van der Waals surface area contributed by atoms with Crippen LogP contribution in [0.4, 0.5) is 0 Å². The van der Waals surface area contributed by atoms with Crippen LogP contribution in [0.2, 0.25) is 0 Å². The molecule has 0 aromatic heterocycles. The fraction of sp³-hybridized carbons (Fsp3) is 0.300. The van der Waals surface area contributed by atoms with E-state index < -0.39 is 11.9 Å². The van der Waals surface area contributed by atoms with E-state index in [9.17, 15) is 9.59 Å². The van der Waals surface area contributed by atoms with Gasteiger partial charge in [0.25, 0.3) is 0 Å². The van der Waals surface area contributed by atoms with Gasteiger partial charge in [-0.15, -0.1) is 0 Å². The van der Waals surface area contributed by atoms with E-state index in [1.807, 2.05) is 36.4 Å². The molecule has 0 bridgehead atoms. The van der Waals surface area contributed by atoms with E-state index in [-0.39, 0.29) is 26.4 Å². The highest BCUT2D eigenvalue weighted by Crippen LogP contribution is 2.09. The number of unbranched alkanes of at least 4 members (excludes halogenated alkanes) is 1. The summed E-state index contributed by atoms with van der Waals surface area (Å²) in [6.45, 7) is 0.260. The lowest BCUT2D eigenvalue weighted by Gasteiger charge is -2.08. The average molecular weight is 358 g/mol. The Kier molecular flexibility index (Phi) is 8.55. The second-order valence-corrected chi connectivity index (χ2v) is 5.35. The standard InChI is InChI=1S/C20H22O6/c21-19(15-25-17-9-3-1-4-10-17)23-13-7-8-14-24-20(22)16-26-18-11-5-2-6-12-18/h1-6,9-12H,7-8,13-16H2. The summed E-state index contributed by atoms with van der Waals surface area (Å²) < 4.78 is 20.7. The highest BCUT2D eigenvalue weighted by Gasteiger charge is 2.06. The predicted octanol–water partition coefficient (Wildman–Crippen LogP) is 3.01. The summed E-state index contributed by atoms with van der Waals surface area (Å²) in [4.78, 5) is 23.1. The first-order chi connectivity index (χ1) is 12.7. The van der Waals surface area contributed by atoms with Crippen molar-refractivity contribution in [1.82, 2.24) is 0 Å². The summed E-state index contributed by atoms with van der Waals surface area (Å²) in [5.74, 6) is 0.382. The number of hydrogen-bond donors (Lipinski definition) is 0. The van der Waals surface area contributed by atoms with Crippen molar-refractivity contribution in [3.63, 3.8) is 0 Å². The molecule has 0 fully saturated rings. The largest absolute Gasteiger partial charge is 0.482 e. The molecule has 0 amide bonds. The highest BCUT2D eigenvalue weighted by atomic mass is 16.6. The van der Waals surface area contributed by atoms with Crippen LogP contribution in [-0.4, -0.2) is 38.4 Å². The number of rotatable bonds is 11. The zero-order chi connectivity index (χ0) is 18.5. The first-order valence-electron chi connectivity index (χ1n) is 8.41. The lowest BCUT2D eigenvalue weighted by atomic mass is 10.3. The maximum atomic E-state index is 11.5. The van der Waals surface area contributed by atoms with Gasteiger partial charge in [0.2, 0.25) is 0 Å². The number of carbonyl (C=O) groups excluding carboxylic acids is 2. The molecule has 0 unspecified atom stereocenters. The van der Waals surface area contributed by atoms with E-state index in [4.69, 9.17) is 18.9 Å². The third-order valence-electron chi connectivity index (χ3n) is 3.26. The van der Waals surface area contributed by atoms with Crippen LogP contribution in [0, 0.1) is 0 Å². The van der Waals surface area contributed by atoms with Crippen molar-refractivity contribution in [1.29, 1.82) is 0 Å². The zero-order valence-corrected chi connectivity index (χ0v) is 14.5. The van der Waals surface area contributed by atoms with Crippen LogP contribution >= 0.6 is 0 Å². The van der Waals surface area contributed by atoms with Crippen LogP contribution in [0.15, 0.2) is 60.7 Å². The van der Waals surface area contributed by atoms with E-state index in [0.29, 0.717) is 24.3 Å². The summed E-state index contributed by atoms with van der Waals surface area (Å²) in [6.07, 6.45) is 1.20. The van der Waals surface area contributed by atoms with Crippen molar-refractivity contribution < 1.29 is 28.5 Å². The summed E-state index contributed by atoms with van der Waals surface area (Å²) >= 11 is 0. The molecule has 2 rings (SSSR count). The third kappa shape index (κ3) is 8.19. The SMILES string of the molecule is O=C(COc1ccccc1)OCCCCOC(=O)COc1ccccc1. The van der Waals surface area contributed by atoms with Gasteiger partial charge in [-0.05, 0) is 37.1 Å². The molecular weight excluding hydrogens is 336 g/mol. The Bertz CT molecular complexity index is 597. The van der Waals surface area contributed by atoms with Gasteiger partial charge in [0, 0.05) is 0 Å². The van der Waals surface area contributed by atoms with Gasteiger partial charge in [0.05, 0.1) is 13.2 Å². The summed E-state index contributed by atoms with van der Waals surface area (Å²) in [5, 5.41) is 0. The van der Waals surface area contributed by atoms with Crippen LogP contribution in [0.1, 0.15) is 12.8 Å². The van der Waals surface area contributed by atoms with E-state index in [1.54, 1.807) is 24.3 Å². The molecule has 0 aliphatic carbocycles. The Morgan fingerprint density at radius 3 is 1.38 bits per heavy atom. The quantitative estimate of drug-likeness (QED) is 0.454. The molecule has 138 valence electrons. The van der Waals surface area contributed by atoms with E-state index >= 15 is 0 Å². The van der Waals surface area contributed by atoms with Gasteiger partial charge in [-0.25, -0.2) is 9.59 Å². The fourth-order valence-electron chi connectivity index (χ4n) is 1.98. The van der Waals surface area contributed by atoms with Gasteiger partial charge < -0.3 is 18.9 Å². The molecule has 26 heavy (non-hydrogen) atoms. The highest BCUT2D eigenvalue weighted by molar-refractivity contribution is 5.71. The van der Waals surface area contributed by atoms with Gasteiger partial charge in [0.1, 0.15) is 11.5 Å². The van der Waals surface area contributed by atoms with Crippen LogP contribution < -0.4 is 9.47 Å². The lowest BCUT2D eigenvalue weighted by molar-refractivity contribution is -0.148. The summed E-state index contributed by atoms with van der Waals surface area (Å²) in [5.41, 5.74) is 0. The van der Waals surface area contributed by atoms with Crippen molar-refractivity contribution in [3.8, 4) is 11.5 Å². The van der Waals surface area contributed by atoms with Crippen molar-refractivity contribution in [3.05, 3.63) is 60.7 Å². The Morgan fingerprint density at radius 2 is 1.00 bits per heavy atom. The Morgan fingerprint density at radius 1 is 0.615 bits per heavy atom. The molecule has 0 saturated heterocycles. The van der Waals surface area contributed by atoms with Crippen LogP contribution in [0.25, 0.3) is 0 Å². The first-order valence-corrected chi connectivity index (χ1v) is 8.41. The Hall–Kier alpha value is -3.02. The van der Waals surface area contributed by atoms with E-state index in [1.165, 1.54) is 0 Å². The van der Waals surface area contributed by atoms with E-state index in [0.717, 1.165) is 0 Å². The molecule has 0 saturated carbocycles. The van der Waals surface area contributed by atoms with Crippen LogP contribution in [-0.2, 0) is 19.1 Å². The minimum atomic E-state index is -0.429. The van der Waals surface area contributed by atoms with Gasteiger partial charge >= 0.3 is 11.9 Å². The molecule has 2 aromatic rings. The minimum Gasteiger partial charge on any atom is -0.482 e. The second-order valence-electron chi connectivity index (χ2n) is 5.35. The lowest BCUT2D eigenvalue weighted by Crippen LogP contribution is -2.17. The summed E-state index contributed by atoms with van der Waals surface area (Å²) in [7, 11) is 0. The average Bonchev–Trinajstić information content (AvgIpc) is 2.69. The number of hydrogen-bond acceptors (Lipinski definition) is 6. The third-order valence-corrected chi connectivity index (χ3v) is 3.26. The predicted molar refractivity (Wildman–Crippen MR) is 95.0 cm³/mol. The smallest absolute Gasteiger partial charge is 0.344 e. The Balaban J connectivity index is 1.45. The van der Waals surface area contributed by atoms with Crippen molar-refractivity contribution in [2.75, 3.05) is 26.4 Å². The topological polar surface area (TPSA) is 71.1 Å². The van der Waals surface area contributed by atoms with Crippen LogP contribution in [0.3, 0.4) is 0 Å². The molecule has 0 spiro atoms. The summed E-state index contributed by atoms with van der Waals surface area (Å²) in [6, 6.07) is 18.1. The molecule has 6 nitrogen and oxygen atoms in total. The van der Waals surface area contributed by atoms with Gasteiger partial charge in [-0.1, -0.05) is 36.4 Å².